The van der Waals surface area contributed by atoms with Gasteiger partial charge in [0, 0.05) is 49.3 Å². The SMILES string of the molecule is Cl.Cl.Cl.Cn1c(=O)ccc2c(OCCCNC(CCc3cccnc3)c3ccncc3)cccc21. The van der Waals surface area contributed by atoms with E-state index in [1.54, 1.807) is 23.9 Å². The maximum atomic E-state index is 11.9. The lowest BCUT2D eigenvalue weighted by Gasteiger charge is -2.19. The minimum Gasteiger partial charge on any atom is -0.493 e. The number of hydrogen-bond donors (Lipinski definition) is 1. The van der Waals surface area contributed by atoms with E-state index < -0.39 is 0 Å². The Morgan fingerprint density at radius 3 is 2.49 bits per heavy atom. The van der Waals surface area contributed by atoms with Gasteiger partial charge in [0.25, 0.3) is 5.56 Å². The zero-order valence-electron chi connectivity index (χ0n) is 19.5. The predicted octanol–water partition coefficient (Wildman–Crippen LogP) is 5.33. The van der Waals surface area contributed by atoms with Crippen molar-refractivity contribution in [2.75, 3.05) is 13.2 Å². The first-order valence-corrected chi connectivity index (χ1v) is 11.0. The Hall–Kier alpha value is -2.64. The Bertz CT molecular complexity index is 1210. The summed E-state index contributed by atoms with van der Waals surface area (Å²) in [5.41, 5.74) is 3.33. The van der Waals surface area contributed by atoms with Crippen molar-refractivity contribution in [1.29, 1.82) is 0 Å². The largest absolute Gasteiger partial charge is 0.493 e. The topological polar surface area (TPSA) is 69.0 Å². The molecule has 1 unspecified atom stereocenters. The fourth-order valence-corrected chi connectivity index (χ4v) is 3.87. The minimum absolute atomic E-state index is 0. The van der Waals surface area contributed by atoms with E-state index in [0.717, 1.165) is 42.5 Å². The zero-order valence-corrected chi connectivity index (χ0v) is 22.0. The first-order valence-electron chi connectivity index (χ1n) is 11.0. The number of halogens is 3. The van der Waals surface area contributed by atoms with Gasteiger partial charge in [-0.3, -0.25) is 14.8 Å². The summed E-state index contributed by atoms with van der Waals surface area (Å²) in [4.78, 5) is 20.2. The molecule has 1 atom stereocenters. The summed E-state index contributed by atoms with van der Waals surface area (Å²) < 4.78 is 7.70. The lowest BCUT2D eigenvalue weighted by atomic mass is 10.0. The van der Waals surface area contributed by atoms with Gasteiger partial charge in [-0.2, -0.15) is 0 Å². The van der Waals surface area contributed by atoms with Crippen LogP contribution in [0.4, 0.5) is 0 Å². The van der Waals surface area contributed by atoms with Crippen LogP contribution in [0.5, 0.6) is 5.75 Å². The van der Waals surface area contributed by atoms with Gasteiger partial charge < -0.3 is 14.6 Å². The second-order valence-corrected chi connectivity index (χ2v) is 7.81. The van der Waals surface area contributed by atoms with Gasteiger partial charge in [0.2, 0.25) is 0 Å². The minimum atomic E-state index is -0.0210. The number of nitrogens with zero attached hydrogens (tertiary/aromatic N) is 3. The fourth-order valence-electron chi connectivity index (χ4n) is 3.87. The van der Waals surface area contributed by atoms with Crippen LogP contribution >= 0.6 is 37.2 Å². The molecule has 0 fully saturated rings. The Labute approximate surface area is 224 Å². The summed E-state index contributed by atoms with van der Waals surface area (Å²) in [5.74, 6) is 0.806. The van der Waals surface area contributed by atoms with Crippen molar-refractivity contribution in [1.82, 2.24) is 19.9 Å². The van der Waals surface area contributed by atoms with Crippen molar-refractivity contribution in [3.05, 3.63) is 101 Å². The van der Waals surface area contributed by atoms with E-state index in [1.165, 1.54) is 11.1 Å². The molecule has 0 aliphatic heterocycles. The normalized spacial score (nSPS) is 11.0. The van der Waals surface area contributed by atoms with Crippen molar-refractivity contribution < 1.29 is 4.74 Å². The monoisotopic (exact) mass is 536 g/mol. The van der Waals surface area contributed by atoms with Crippen LogP contribution < -0.4 is 15.6 Å². The summed E-state index contributed by atoms with van der Waals surface area (Å²) in [6.07, 6.45) is 10.2. The second kappa shape index (κ2) is 15.4. The van der Waals surface area contributed by atoms with Crippen LogP contribution in [0, 0.1) is 0 Å². The molecule has 0 saturated heterocycles. The second-order valence-electron chi connectivity index (χ2n) is 7.81. The van der Waals surface area contributed by atoms with Crippen LogP contribution in [-0.2, 0) is 13.5 Å². The smallest absolute Gasteiger partial charge is 0.250 e. The molecule has 9 heteroatoms. The molecule has 0 spiro atoms. The van der Waals surface area contributed by atoms with E-state index >= 15 is 0 Å². The maximum absolute atomic E-state index is 11.9. The van der Waals surface area contributed by atoms with Crippen molar-refractivity contribution in [2.45, 2.75) is 25.3 Å². The molecular weight excluding hydrogens is 507 g/mol. The van der Waals surface area contributed by atoms with Gasteiger partial charge >= 0.3 is 0 Å². The van der Waals surface area contributed by atoms with Gasteiger partial charge in [-0.05, 0) is 73.3 Å². The van der Waals surface area contributed by atoms with Crippen LogP contribution in [-0.4, -0.2) is 27.7 Å². The van der Waals surface area contributed by atoms with Crippen LogP contribution in [0.1, 0.15) is 30.0 Å². The highest BCUT2D eigenvalue weighted by atomic mass is 35.5. The highest BCUT2D eigenvalue weighted by molar-refractivity contribution is 5.86. The Morgan fingerprint density at radius 1 is 0.943 bits per heavy atom. The number of benzene rings is 1. The molecule has 1 N–H and O–H groups in total. The average molecular weight is 538 g/mol. The lowest BCUT2D eigenvalue weighted by molar-refractivity contribution is 0.307. The van der Waals surface area contributed by atoms with E-state index in [0.29, 0.717) is 6.61 Å². The van der Waals surface area contributed by atoms with E-state index in [2.05, 4.69) is 33.5 Å². The molecule has 188 valence electrons. The van der Waals surface area contributed by atoms with E-state index in [-0.39, 0.29) is 48.8 Å². The third-order valence-electron chi connectivity index (χ3n) is 5.65. The van der Waals surface area contributed by atoms with Crippen molar-refractivity contribution in [3.63, 3.8) is 0 Å². The molecule has 0 aliphatic rings. The first kappa shape index (κ1) is 30.4. The third kappa shape index (κ3) is 8.22. The predicted molar refractivity (Wildman–Crippen MR) is 149 cm³/mol. The quantitative estimate of drug-likeness (QED) is 0.277. The maximum Gasteiger partial charge on any atom is 0.250 e. The summed E-state index contributed by atoms with van der Waals surface area (Å²) >= 11 is 0. The zero-order chi connectivity index (χ0) is 22.2. The van der Waals surface area contributed by atoms with Gasteiger partial charge in [-0.1, -0.05) is 12.1 Å². The Kier molecular flexibility index (Phi) is 13.3. The van der Waals surface area contributed by atoms with Crippen molar-refractivity contribution in [3.8, 4) is 5.75 Å². The summed E-state index contributed by atoms with van der Waals surface area (Å²) in [5, 5.41) is 4.63. The standard InChI is InChI=1S/C26H28N4O2.3ClH/c1-30-24-6-2-7-25(22(24)9-11-26(30)31)32-18-4-15-29-23(21-12-16-27-17-13-21)10-8-20-5-3-14-28-19-20;;;/h2-3,5-7,9,11-14,16-17,19,23,29H,4,8,10,15,18H2,1H3;3*1H. The molecule has 0 saturated carbocycles. The number of nitrogens with one attached hydrogen (secondary N) is 1. The van der Waals surface area contributed by atoms with Gasteiger partial charge in [0.05, 0.1) is 12.1 Å². The highest BCUT2D eigenvalue weighted by Gasteiger charge is 2.11. The van der Waals surface area contributed by atoms with Crippen molar-refractivity contribution >= 4 is 48.1 Å². The highest BCUT2D eigenvalue weighted by Crippen LogP contribution is 2.24. The molecule has 3 heterocycles. The summed E-state index contributed by atoms with van der Waals surface area (Å²) in [6.45, 7) is 1.43. The summed E-state index contributed by atoms with van der Waals surface area (Å²) in [7, 11) is 1.78. The molecule has 35 heavy (non-hydrogen) atoms. The van der Waals surface area contributed by atoms with Crippen LogP contribution in [0.25, 0.3) is 10.9 Å². The molecule has 0 radical (unpaired) electrons. The molecule has 6 nitrogen and oxygen atoms in total. The van der Waals surface area contributed by atoms with Crippen LogP contribution in [0.2, 0.25) is 0 Å². The molecule has 3 aromatic heterocycles. The van der Waals surface area contributed by atoms with Gasteiger partial charge in [0.15, 0.2) is 0 Å². The summed E-state index contributed by atoms with van der Waals surface area (Å²) in [6, 6.07) is 17.7. The van der Waals surface area contributed by atoms with E-state index in [9.17, 15) is 4.79 Å². The molecule has 0 bridgehead atoms. The number of hydrogen-bond acceptors (Lipinski definition) is 5. The first-order chi connectivity index (χ1) is 15.7. The Balaban J connectivity index is 0.00000204. The van der Waals surface area contributed by atoms with Crippen molar-refractivity contribution in [2.24, 2.45) is 7.05 Å². The molecule has 1 aromatic carbocycles. The lowest BCUT2D eigenvalue weighted by Crippen LogP contribution is -2.24. The van der Waals surface area contributed by atoms with Crippen LogP contribution in [0.3, 0.4) is 0 Å². The number of aryl methyl sites for hydroxylation is 2. The fraction of sp³-hybridized carbons (Fsp3) is 0.269. The number of rotatable bonds is 10. The van der Waals surface area contributed by atoms with Gasteiger partial charge in [-0.15, -0.1) is 37.2 Å². The third-order valence-corrected chi connectivity index (χ3v) is 5.65. The van der Waals surface area contributed by atoms with Crippen LogP contribution in [0.15, 0.2) is 84.2 Å². The van der Waals surface area contributed by atoms with Gasteiger partial charge in [-0.25, -0.2) is 0 Å². The van der Waals surface area contributed by atoms with E-state index in [4.69, 9.17) is 4.74 Å². The Morgan fingerprint density at radius 2 is 1.74 bits per heavy atom. The number of fused-ring (bicyclic) bond motifs is 1. The number of pyridine rings is 3. The molecule has 4 aromatic rings. The average Bonchev–Trinajstić information content (AvgIpc) is 2.84. The molecule has 0 amide bonds. The van der Waals surface area contributed by atoms with Gasteiger partial charge in [0.1, 0.15) is 5.75 Å². The molecule has 0 aliphatic carbocycles. The number of aromatic nitrogens is 3. The van der Waals surface area contributed by atoms with E-state index in [1.807, 2.05) is 48.9 Å². The number of ether oxygens (including phenoxy) is 1. The molecule has 4 rings (SSSR count). The molecular formula is C26H31Cl3N4O2.